The van der Waals surface area contributed by atoms with Crippen molar-refractivity contribution < 1.29 is 13.2 Å². The van der Waals surface area contributed by atoms with Crippen molar-refractivity contribution in [2.24, 2.45) is 0 Å². The number of piperidine rings is 1. The summed E-state index contributed by atoms with van der Waals surface area (Å²) in [6, 6.07) is 8.41. The number of thiazole rings is 1. The molecule has 1 N–H and O–H groups in total. The molecule has 0 aliphatic carbocycles. The van der Waals surface area contributed by atoms with Gasteiger partial charge < -0.3 is 0 Å². The van der Waals surface area contributed by atoms with Gasteiger partial charge in [0.05, 0.1) is 10.6 Å². The van der Waals surface area contributed by atoms with Crippen molar-refractivity contribution in [2.75, 3.05) is 18.4 Å². The Morgan fingerprint density at radius 1 is 1.10 bits per heavy atom. The molecule has 0 saturated carbocycles. The lowest BCUT2D eigenvalue weighted by molar-refractivity contribution is 0.102. The van der Waals surface area contributed by atoms with Gasteiger partial charge in [-0.1, -0.05) is 12.5 Å². The van der Waals surface area contributed by atoms with E-state index in [4.69, 9.17) is 0 Å². The first-order chi connectivity index (χ1) is 14.4. The quantitative estimate of drug-likeness (QED) is 0.646. The normalized spacial score (nSPS) is 15.1. The van der Waals surface area contributed by atoms with Gasteiger partial charge in [-0.25, -0.2) is 13.4 Å². The average molecular weight is 443 g/mol. The molecule has 3 aromatic rings. The molecule has 0 atom stereocenters. The van der Waals surface area contributed by atoms with Crippen LogP contribution < -0.4 is 5.32 Å². The van der Waals surface area contributed by atoms with Crippen LogP contribution in [0.3, 0.4) is 0 Å². The number of pyridine rings is 1. The maximum Gasteiger partial charge on any atom is 0.257 e. The molecule has 0 radical (unpaired) electrons. The number of aromatic nitrogens is 2. The molecule has 0 unspecified atom stereocenters. The van der Waals surface area contributed by atoms with Crippen LogP contribution in [0.1, 0.15) is 35.2 Å². The molecule has 2 aromatic heterocycles. The zero-order valence-electron chi connectivity index (χ0n) is 16.5. The van der Waals surface area contributed by atoms with Gasteiger partial charge in [-0.2, -0.15) is 4.31 Å². The lowest BCUT2D eigenvalue weighted by Gasteiger charge is -2.26. The molecule has 1 aliphatic rings. The first kappa shape index (κ1) is 20.6. The Balaban J connectivity index is 1.56. The monoisotopic (exact) mass is 442 g/mol. The van der Waals surface area contributed by atoms with Crippen LogP contribution in [0.25, 0.3) is 11.3 Å². The third-order valence-corrected chi connectivity index (χ3v) is 7.76. The van der Waals surface area contributed by atoms with Crippen LogP contribution in [0.5, 0.6) is 0 Å². The first-order valence-corrected chi connectivity index (χ1v) is 12.1. The number of carbonyl (C=O) groups excluding carboxylic acids is 1. The van der Waals surface area contributed by atoms with E-state index in [1.807, 2.05) is 17.5 Å². The van der Waals surface area contributed by atoms with E-state index in [-0.39, 0.29) is 10.8 Å². The number of anilines is 1. The summed E-state index contributed by atoms with van der Waals surface area (Å²) in [4.78, 5) is 21.5. The fraction of sp³-hybridized carbons (Fsp3) is 0.286. The lowest BCUT2D eigenvalue weighted by atomic mass is 10.1. The summed E-state index contributed by atoms with van der Waals surface area (Å²) in [7, 11) is -3.61. The zero-order chi connectivity index (χ0) is 21.1. The van der Waals surface area contributed by atoms with Gasteiger partial charge in [-0.15, -0.1) is 11.3 Å². The molecular formula is C21H22N4O3S2. The van der Waals surface area contributed by atoms with Crippen LogP contribution in [-0.4, -0.2) is 41.7 Å². The van der Waals surface area contributed by atoms with Gasteiger partial charge in [-0.05, 0) is 49.6 Å². The summed E-state index contributed by atoms with van der Waals surface area (Å²) in [5, 5.41) is 5.10. The van der Waals surface area contributed by atoms with E-state index in [9.17, 15) is 13.2 Å². The van der Waals surface area contributed by atoms with Gasteiger partial charge >= 0.3 is 0 Å². The summed E-state index contributed by atoms with van der Waals surface area (Å²) in [6.45, 7) is 2.83. The second-order valence-electron chi connectivity index (χ2n) is 7.17. The third kappa shape index (κ3) is 4.28. The maximum atomic E-state index is 13.0. The van der Waals surface area contributed by atoms with Crippen LogP contribution in [0.4, 0.5) is 5.13 Å². The van der Waals surface area contributed by atoms with Crippen molar-refractivity contribution in [3.05, 3.63) is 59.2 Å². The van der Waals surface area contributed by atoms with Crippen molar-refractivity contribution in [3.8, 4) is 11.3 Å². The Labute approximate surface area is 179 Å². The number of nitrogens with one attached hydrogen (secondary N) is 1. The van der Waals surface area contributed by atoms with Crippen molar-refractivity contribution in [1.82, 2.24) is 14.3 Å². The zero-order valence-corrected chi connectivity index (χ0v) is 18.2. The number of sulfonamides is 1. The van der Waals surface area contributed by atoms with Crippen LogP contribution >= 0.6 is 11.3 Å². The molecule has 0 bridgehead atoms. The van der Waals surface area contributed by atoms with Crippen LogP contribution in [0.15, 0.2) is 53.0 Å². The highest BCUT2D eigenvalue weighted by Crippen LogP contribution is 2.26. The summed E-state index contributed by atoms with van der Waals surface area (Å²) in [6.07, 6.45) is 6.14. The number of nitrogens with zero attached hydrogens (tertiary/aromatic N) is 3. The van der Waals surface area contributed by atoms with Gasteiger partial charge in [0.1, 0.15) is 0 Å². The predicted octanol–water partition coefficient (Wildman–Crippen LogP) is 3.94. The van der Waals surface area contributed by atoms with E-state index < -0.39 is 10.0 Å². The van der Waals surface area contributed by atoms with E-state index in [0.717, 1.165) is 30.5 Å². The molecular weight excluding hydrogens is 420 g/mol. The van der Waals surface area contributed by atoms with Crippen LogP contribution in [0.2, 0.25) is 0 Å². The number of benzene rings is 1. The molecule has 156 valence electrons. The Hall–Kier alpha value is -2.62. The molecule has 7 nitrogen and oxygen atoms in total. The highest BCUT2D eigenvalue weighted by Gasteiger charge is 2.27. The highest BCUT2D eigenvalue weighted by atomic mass is 32.2. The number of carbonyl (C=O) groups is 1. The summed E-state index contributed by atoms with van der Waals surface area (Å²) >= 11 is 1.32. The minimum absolute atomic E-state index is 0.150. The smallest absolute Gasteiger partial charge is 0.257 e. The lowest BCUT2D eigenvalue weighted by Crippen LogP contribution is -2.35. The second kappa shape index (κ2) is 8.63. The number of rotatable bonds is 5. The highest BCUT2D eigenvalue weighted by molar-refractivity contribution is 7.89. The van der Waals surface area contributed by atoms with Crippen LogP contribution in [-0.2, 0) is 10.0 Å². The van der Waals surface area contributed by atoms with E-state index in [1.165, 1.54) is 21.7 Å². The average Bonchev–Trinajstić information content (AvgIpc) is 3.23. The summed E-state index contributed by atoms with van der Waals surface area (Å²) in [5.74, 6) is -0.376. The van der Waals surface area contributed by atoms with E-state index in [2.05, 4.69) is 15.3 Å². The van der Waals surface area contributed by atoms with E-state index in [1.54, 1.807) is 31.5 Å². The van der Waals surface area contributed by atoms with Crippen LogP contribution in [0, 0.1) is 6.92 Å². The Kier molecular flexibility index (Phi) is 5.94. The molecule has 0 spiro atoms. The minimum atomic E-state index is -3.61. The molecule has 3 heterocycles. The van der Waals surface area contributed by atoms with Gasteiger partial charge in [0.2, 0.25) is 10.0 Å². The van der Waals surface area contributed by atoms with Crippen molar-refractivity contribution in [3.63, 3.8) is 0 Å². The fourth-order valence-corrected chi connectivity index (χ4v) is 5.67. The molecule has 1 aromatic carbocycles. The minimum Gasteiger partial charge on any atom is -0.298 e. The number of hydrogen-bond acceptors (Lipinski definition) is 6. The molecule has 4 rings (SSSR count). The fourth-order valence-electron chi connectivity index (χ4n) is 3.41. The second-order valence-corrected chi connectivity index (χ2v) is 9.97. The van der Waals surface area contributed by atoms with Crippen molar-refractivity contribution in [2.45, 2.75) is 31.1 Å². The third-order valence-electron chi connectivity index (χ3n) is 5.11. The van der Waals surface area contributed by atoms with Gasteiger partial charge in [0, 0.05) is 42.0 Å². The Morgan fingerprint density at radius 2 is 1.83 bits per heavy atom. The number of amides is 1. The standard InChI is InChI=1S/C21H22N4O3S2/c1-15-5-6-17(30(27,28)25-11-3-2-4-12-25)13-18(15)20(26)24-21-23-19(14-29-21)16-7-9-22-10-8-16/h5-10,13-14H,2-4,11-12H2,1H3,(H,23,24,26). The Bertz CT molecular complexity index is 1150. The molecule has 30 heavy (non-hydrogen) atoms. The van der Waals surface area contributed by atoms with Crippen molar-refractivity contribution in [1.29, 1.82) is 0 Å². The van der Waals surface area contributed by atoms with E-state index in [0.29, 0.717) is 29.3 Å². The predicted molar refractivity (Wildman–Crippen MR) is 117 cm³/mol. The van der Waals surface area contributed by atoms with E-state index >= 15 is 0 Å². The number of aryl methyl sites for hydroxylation is 1. The molecule has 1 saturated heterocycles. The van der Waals surface area contributed by atoms with Crippen molar-refractivity contribution >= 4 is 32.4 Å². The summed E-state index contributed by atoms with van der Waals surface area (Å²) < 4.78 is 27.4. The first-order valence-electron chi connectivity index (χ1n) is 9.73. The van der Waals surface area contributed by atoms with Gasteiger partial charge in [0.25, 0.3) is 5.91 Å². The van der Waals surface area contributed by atoms with Gasteiger partial charge in [0.15, 0.2) is 5.13 Å². The Morgan fingerprint density at radius 3 is 2.57 bits per heavy atom. The molecule has 1 fully saturated rings. The topological polar surface area (TPSA) is 92.3 Å². The largest absolute Gasteiger partial charge is 0.298 e. The van der Waals surface area contributed by atoms with Gasteiger partial charge in [-0.3, -0.25) is 15.1 Å². The molecule has 9 heteroatoms. The summed E-state index contributed by atoms with van der Waals surface area (Å²) in [5.41, 5.74) is 2.69. The number of hydrogen-bond donors (Lipinski definition) is 1. The SMILES string of the molecule is Cc1ccc(S(=O)(=O)N2CCCCC2)cc1C(=O)Nc1nc(-c2ccncc2)cs1. The maximum absolute atomic E-state index is 13.0. The molecule has 1 amide bonds. The molecule has 1 aliphatic heterocycles.